The Morgan fingerprint density at radius 2 is 2.14 bits per heavy atom. The average Bonchev–Trinajstić information content (AvgIpc) is 2.08. The molecule has 1 aromatic heterocycles. The number of hydrogen-bond donors (Lipinski definition) is 0. The molecule has 76 valence electrons. The van der Waals surface area contributed by atoms with Gasteiger partial charge in [0, 0.05) is 0 Å². The average molecular weight is 206 g/mol. The van der Waals surface area contributed by atoms with Crippen LogP contribution in [0.2, 0.25) is 0 Å². The van der Waals surface area contributed by atoms with Crippen molar-refractivity contribution in [2.75, 3.05) is 0 Å². The summed E-state index contributed by atoms with van der Waals surface area (Å²) in [5.41, 5.74) is -1.02. The van der Waals surface area contributed by atoms with Crippen LogP contribution in [0.4, 0.5) is 19.0 Å². The van der Waals surface area contributed by atoms with Crippen LogP contribution in [0.25, 0.3) is 0 Å². The monoisotopic (exact) mass is 206 g/mol. The molecule has 0 aliphatic carbocycles. The maximum atomic E-state index is 12.9. The summed E-state index contributed by atoms with van der Waals surface area (Å²) < 4.78 is 37.2. The molecular formula is C7H5F3N2O2. The van der Waals surface area contributed by atoms with Gasteiger partial charge in [-0.25, -0.2) is 8.78 Å². The molecule has 0 saturated heterocycles. The molecule has 0 aromatic carbocycles. The summed E-state index contributed by atoms with van der Waals surface area (Å²) in [6, 6.07) is 0.785. The first kappa shape index (κ1) is 10.4. The van der Waals surface area contributed by atoms with E-state index in [1.807, 2.05) is 0 Å². The molecule has 1 heterocycles. The highest BCUT2D eigenvalue weighted by Gasteiger charge is 2.24. The normalized spacial score (nSPS) is 10.6. The molecule has 0 aliphatic heterocycles. The van der Waals surface area contributed by atoms with E-state index < -0.39 is 28.7 Å². The lowest BCUT2D eigenvalue weighted by Crippen LogP contribution is -2.02. The summed E-state index contributed by atoms with van der Waals surface area (Å²) in [5, 5.41) is 10.2. The van der Waals surface area contributed by atoms with Gasteiger partial charge < -0.3 is 10.1 Å². The van der Waals surface area contributed by atoms with E-state index in [2.05, 4.69) is 4.98 Å². The Morgan fingerprint density at radius 1 is 1.57 bits per heavy atom. The number of nitrogens with zero attached hydrogens (tertiary/aromatic N) is 2. The van der Waals surface area contributed by atoms with Gasteiger partial charge in [0.05, 0.1) is 0 Å². The van der Waals surface area contributed by atoms with Crippen LogP contribution in [0.1, 0.15) is 17.7 Å². The minimum Gasteiger partial charge on any atom is -0.358 e. The number of alkyl halides is 2. The number of aromatic nitrogens is 1. The van der Waals surface area contributed by atoms with E-state index in [9.17, 15) is 23.3 Å². The van der Waals surface area contributed by atoms with Crippen molar-refractivity contribution in [3.05, 3.63) is 33.3 Å². The molecule has 0 radical (unpaired) electrons. The van der Waals surface area contributed by atoms with E-state index in [1.165, 1.54) is 0 Å². The molecule has 0 spiro atoms. The topological polar surface area (TPSA) is 56.0 Å². The van der Waals surface area contributed by atoms with Crippen LogP contribution in [-0.4, -0.2) is 9.91 Å². The van der Waals surface area contributed by atoms with Gasteiger partial charge in [-0.2, -0.15) is 4.39 Å². The molecule has 0 aliphatic rings. The lowest BCUT2D eigenvalue weighted by atomic mass is 10.2. The molecule has 0 fully saturated rings. The number of nitro groups is 1. The van der Waals surface area contributed by atoms with Gasteiger partial charge in [-0.15, -0.1) is 0 Å². The van der Waals surface area contributed by atoms with Crippen molar-refractivity contribution < 1.29 is 18.1 Å². The molecule has 0 saturated carbocycles. The highest BCUT2D eigenvalue weighted by Crippen LogP contribution is 2.24. The highest BCUT2D eigenvalue weighted by molar-refractivity contribution is 5.31. The van der Waals surface area contributed by atoms with E-state index in [1.54, 1.807) is 0 Å². The Labute approximate surface area is 76.5 Å². The summed E-state index contributed by atoms with van der Waals surface area (Å²) in [4.78, 5) is 12.0. The summed E-state index contributed by atoms with van der Waals surface area (Å²) in [5.74, 6) is -2.35. The first-order chi connectivity index (χ1) is 6.43. The predicted molar refractivity (Wildman–Crippen MR) is 40.5 cm³/mol. The molecule has 1 rings (SSSR count). The van der Waals surface area contributed by atoms with Crippen molar-refractivity contribution in [2.45, 2.75) is 13.3 Å². The van der Waals surface area contributed by atoms with Gasteiger partial charge in [-0.1, -0.05) is 0 Å². The molecule has 0 N–H and O–H groups in total. The Kier molecular flexibility index (Phi) is 2.68. The SMILES string of the molecule is Cc1cc(C(F)F)nc([N+](=O)[O-])c1F. The van der Waals surface area contributed by atoms with Gasteiger partial charge in [0.25, 0.3) is 0 Å². The van der Waals surface area contributed by atoms with Crippen molar-refractivity contribution >= 4 is 5.82 Å². The number of pyridine rings is 1. The van der Waals surface area contributed by atoms with Crippen molar-refractivity contribution in [3.63, 3.8) is 0 Å². The van der Waals surface area contributed by atoms with Gasteiger partial charge in [0.2, 0.25) is 11.5 Å². The highest BCUT2D eigenvalue weighted by atomic mass is 19.3. The standard InChI is InChI=1S/C7H5F3N2O2/c1-3-2-4(6(9)10)11-7(5(3)8)12(13)14/h2,6H,1H3. The maximum Gasteiger partial charge on any atom is 0.400 e. The van der Waals surface area contributed by atoms with Crippen molar-refractivity contribution in [1.29, 1.82) is 0 Å². The fourth-order valence-electron chi connectivity index (χ4n) is 0.898. The predicted octanol–water partition coefficient (Wildman–Crippen LogP) is 2.37. The minimum atomic E-state index is -2.95. The first-order valence-electron chi connectivity index (χ1n) is 3.53. The second kappa shape index (κ2) is 3.60. The third-order valence-electron chi connectivity index (χ3n) is 1.54. The van der Waals surface area contributed by atoms with E-state index in [0.717, 1.165) is 13.0 Å². The Balaban J connectivity index is 3.35. The molecule has 14 heavy (non-hydrogen) atoms. The summed E-state index contributed by atoms with van der Waals surface area (Å²) >= 11 is 0. The van der Waals surface area contributed by atoms with E-state index in [4.69, 9.17) is 0 Å². The van der Waals surface area contributed by atoms with E-state index in [0.29, 0.717) is 0 Å². The van der Waals surface area contributed by atoms with Crippen molar-refractivity contribution in [1.82, 2.24) is 4.98 Å². The summed E-state index contributed by atoms with van der Waals surface area (Å²) in [6.07, 6.45) is -2.95. The van der Waals surface area contributed by atoms with Gasteiger partial charge in [0.15, 0.2) is 0 Å². The van der Waals surface area contributed by atoms with Crippen LogP contribution >= 0.6 is 0 Å². The third kappa shape index (κ3) is 1.81. The van der Waals surface area contributed by atoms with Crippen LogP contribution in [0, 0.1) is 22.9 Å². The van der Waals surface area contributed by atoms with Crippen LogP contribution in [0.3, 0.4) is 0 Å². The van der Waals surface area contributed by atoms with Gasteiger partial charge in [-0.3, -0.25) is 0 Å². The summed E-state index contributed by atoms with van der Waals surface area (Å²) in [7, 11) is 0. The largest absolute Gasteiger partial charge is 0.400 e. The van der Waals surface area contributed by atoms with Crippen LogP contribution < -0.4 is 0 Å². The quantitative estimate of drug-likeness (QED) is 0.551. The molecule has 7 heteroatoms. The zero-order valence-corrected chi connectivity index (χ0v) is 7.00. The maximum absolute atomic E-state index is 12.9. The zero-order chi connectivity index (χ0) is 10.9. The van der Waals surface area contributed by atoms with E-state index >= 15 is 0 Å². The number of aryl methyl sites for hydroxylation is 1. The minimum absolute atomic E-state index is 0.220. The fourth-order valence-corrected chi connectivity index (χ4v) is 0.898. The van der Waals surface area contributed by atoms with Crippen molar-refractivity contribution in [3.8, 4) is 0 Å². The molecule has 0 atom stereocenters. The number of hydrogen-bond acceptors (Lipinski definition) is 3. The molecule has 0 amide bonds. The Morgan fingerprint density at radius 3 is 2.57 bits per heavy atom. The van der Waals surface area contributed by atoms with Crippen LogP contribution in [-0.2, 0) is 0 Å². The van der Waals surface area contributed by atoms with Crippen LogP contribution in [0.5, 0.6) is 0 Å². The smallest absolute Gasteiger partial charge is 0.358 e. The summed E-state index contributed by atoms with van der Waals surface area (Å²) in [6.45, 7) is 1.16. The number of rotatable bonds is 2. The second-order valence-corrected chi connectivity index (χ2v) is 2.56. The van der Waals surface area contributed by atoms with Gasteiger partial charge in [-0.05, 0) is 28.5 Å². The second-order valence-electron chi connectivity index (χ2n) is 2.56. The number of halogens is 3. The lowest BCUT2D eigenvalue weighted by molar-refractivity contribution is -0.392. The van der Waals surface area contributed by atoms with Crippen molar-refractivity contribution in [2.24, 2.45) is 0 Å². The van der Waals surface area contributed by atoms with E-state index in [-0.39, 0.29) is 5.56 Å². The third-order valence-corrected chi connectivity index (χ3v) is 1.54. The first-order valence-corrected chi connectivity index (χ1v) is 3.53. The van der Waals surface area contributed by atoms with Gasteiger partial charge >= 0.3 is 12.2 Å². The van der Waals surface area contributed by atoms with Crippen LogP contribution in [0.15, 0.2) is 6.07 Å². The Hall–Kier alpha value is -1.66. The molecule has 0 bridgehead atoms. The zero-order valence-electron chi connectivity index (χ0n) is 7.00. The van der Waals surface area contributed by atoms with Gasteiger partial charge in [0.1, 0.15) is 0 Å². The lowest BCUT2D eigenvalue weighted by Gasteiger charge is -1.99. The fraction of sp³-hybridized carbons (Fsp3) is 0.286. The molecule has 4 nitrogen and oxygen atoms in total. The molecular weight excluding hydrogens is 201 g/mol. The molecule has 0 unspecified atom stereocenters. The molecule has 1 aromatic rings. The Bertz CT molecular complexity index is 381.